The normalized spacial score (nSPS) is 12.8. The zero-order valence-electron chi connectivity index (χ0n) is 12.1. The maximum atomic E-state index is 6.33. The minimum atomic E-state index is 0.201. The first kappa shape index (κ1) is 15.1. The summed E-state index contributed by atoms with van der Waals surface area (Å²) in [5, 5.41) is 8.61. The lowest BCUT2D eigenvalue weighted by Crippen LogP contribution is -2.25. The maximum Gasteiger partial charge on any atom is 0.103 e. The number of halogens is 1. The Balaban J connectivity index is 2.12. The van der Waals surface area contributed by atoms with Crippen molar-refractivity contribution in [1.29, 1.82) is 0 Å². The highest BCUT2D eigenvalue weighted by Crippen LogP contribution is 2.26. The predicted octanol–water partition coefficient (Wildman–Crippen LogP) is 3.82. The molecule has 2 heterocycles. The van der Waals surface area contributed by atoms with Crippen molar-refractivity contribution in [2.24, 2.45) is 0 Å². The van der Waals surface area contributed by atoms with E-state index in [1.165, 1.54) is 0 Å². The van der Waals surface area contributed by atoms with E-state index in [-0.39, 0.29) is 6.04 Å². The van der Waals surface area contributed by atoms with E-state index in [0.29, 0.717) is 0 Å². The zero-order chi connectivity index (χ0) is 14.4. The molecule has 110 valence electrons. The lowest BCUT2D eigenvalue weighted by atomic mass is 10.1. The molecule has 1 atom stereocenters. The van der Waals surface area contributed by atoms with Crippen LogP contribution in [-0.2, 0) is 13.0 Å². The largest absolute Gasteiger partial charge is 0.469 e. The van der Waals surface area contributed by atoms with Crippen LogP contribution in [0.2, 0.25) is 5.02 Å². The van der Waals surface area contributed by atoms with Crippen LogP contribution in [0.5, 0.6) is 0 Å². The van der Waals surface area contributed by atoms with Crippen molar-refractivity contribution in [1.82, 2.24) is 15.1 Å². The van der Waals surface area contributed by atoms with Gasteiger partial charge in [-0.2, -0.15) is 5.10 Å². The first-order valence-electron chi connectivity index (χ1n) is 7.23. The number of hydrogen-bond acceptors (Lipinski definition) is 3. The molecule has 2 rings (SSSR count). The van der Waals surface area contributed by atoms with Crippen molar-refractivity contribution in [3.05, 3.63) is 41.1 Å². The zero-order valence-corrected chi connectivity index (χ0v) is 12.9. The Bertz CT molecular complexity index is 507. The van der Waals surface area contributed by atoms with Gasteiger partial charge in [0.05, 0.1) is 29.2 Å². The summed E-state index contributed by atoms with van der Waals surface area (Å²) in [5.41, 5.74) is 1.09. The average molecular weight is 296 g/mol. The Morgan fingerprint density at radius 3 is 2.95 bits per heavy atom. The molecule has 0 aromatic carbocycles. The molecule has 0 aliphatic heterocycles. The lowest BCUT2D eigenvalue weighted by Gasteiger charge is -2.19. The second kappa shape index (κ2) is 7.50. The summed E-state index contributed by atoms with van der Waals surface area (Å²) in [6, 6.07) is 4.13. The molecule has 0 radical (unpaired) electrons. The summed E-state index contributed by atoms with van der Waals surface area (Å²) in [5.74, 6) is 1.01. The van der Waals surface area contributed by atoms with Gasteiger partial charge in [-0.05, 0) is 31.5 Å². The lowest BCUT2D eigenvalue weighted by molar-refractivity contribution is 0.431. The Kier molecular flexibility index (Phi) is 5.68. The van der Waals surface area contributed by atoms with E-state index in [2.05, 4.69) is 24.3 Å². The fraction of sp³-hybridized carbons (Fsp3) is 0.533. The molecule has 0 saturated heterocycles. The molecule has 2 aromatic heterocycles. The predicted molar refractivity (Wildman–Crippen MR) is 81.0 cm³/mol. The van der Waals surface area contributed by atoms with Crippen LogP contribution in [0.4, 0.5) is 0 Å². The molecule has 0 fully saturated rings. The van der Waals surface area contributed by atoms with Gasteiger partial charge in [0.1, 0.15) is 5.76 Å². The van der Waals surface area contributed by atoms with Crippen LogP contribution < -0.4 is 5.32 Å². The van der Waals surface area contributed by atoms with Crippen LogP contribution in [0.25, 0.3) is 0 Å². The van der Waals surface area contributed by atoms with Gasteiger partial charge in [0.25, 0.3) is 0 Å². The number of nitrogens with zero attached hydrogens (tertiary/aromatic N) is 2. The smallest absolute Gasteiger partial charge is 0.103 e. The van der Waals surface area contributed by atoms with Crippen molar-refractivity contribution < 1.29 is 4.42 Å². The van der Waals surface area contributed by atoms with Gasteiger partial charge in [0.15, 0.2) is 0 Å². The Labute approximate surface area is 125 Å². The van der Waals surface area contributed by atoms with Gasteiger partial charge in [-0.3, -0.25) is 4.68 Å². The monoisotopic (exact) mass is 295 g/mol. The molecule has 4 nitrogen and oxygen atoms in total. The molecular formula is C15H22ClN3O. The molecule has 0 aliphatic rings. The first-order chi connectivity index (χ1) is 9.76. The molecule has 1 N–H and O–H groups in total. The molecule has 0 saturated carbocycles. The summed E-state index contributed by atoms with van der Waals surface area (Å²) in [6.07, 6.45) is 6.33. The van der Waals surface area contributed by atoms with Gasteiger partial charge in [-0.25, -0.2) is 0 Å². The van der Waals surface area contributed by atoms with Crippen LogP contribution >= 0.6 is 11.6 Å². The standard InChI is InChI=1S/C15H22ClN3O/c1-3-9-19-15(13(16)11-18-19)14(17-4-2)8-7-12-6-5-10-20-12/h5-6,10-11,14,17H,3-4,7-9H2,1-2H3. The molecule has 0 aliphatic carbocycles. The van der Waals surface area contributed by atoms with Crippen LogP contribution in [0.3, 0.4) is 0 Å². The second-order valence-corrected chi connectivity index (χ2v) is 5.24. The third-order valence-electron chi connectivity index (χ3n) is 3.31. The molecule has 0 amide bonds. The molecule has 1 unspecified atom stereocenters. The summed E-state index contributed by atoms with van der Waals surface area (Å²) in [4.78, 5) is 0. The molecule has 0 bridgehead atoms. The van der Waals surface area contributed by atoms with Gasteiger partial charge in [0.2, 0.25) is 0 Å². The summed E-state index contributed by atoms with van der Waals surface area (Å²) in [7, 11) is 0. The van der Waals surface area contributed by atoms with Gasteiger partial charge in [0, 0.05) is 13.0 Å². The highest BCUT2D eigenvalue weighted by molar-refractivity contribution is 6.31. The summed E-state index contributed by atoms with van der Waals surface area (Å²) < 4.78 is 7.42. The van der Waals surface area contributed by atoms with E-state index in [4.69, 9.17) is 16.0 Å². The van der Waals surface area contributed by atoms with Gasteiger partial charge in [-0.15, -0.1) is 0 Å². The van der Waals surface area contributed by atoms with E-state index in [1.807, 2.05) is 16.8 Å². The summed E-state index contributed by atoms with van der Waals surface area (Å²) in [6.45, 7) is 6.04. The quantitative estimate of drug-likeness (QED) is 0.805. The Hall–Kier alpha value is -1.26. The molecule has 0 spiro atoms. The van der Waals surface area contributed by atoms with Crippen molar-refractivity contribution >= 4 is 11.6 Å². The first-order valence-corrected chi connectivity index (χ1v) is 7.61. The number of aryl methyl sites for hydroxylation is 2. The van der Waals surface area contributed by atoms with E-state index in [1.54, 1.807) is 12.5 Å². The van der Waals surface area contributed by atoms with Crippen molar-refractivity contribution in [3.63, 3.8) is 0 Å². The molecule has 2 aromatic rings. The van der Waals surface area contributed by atoms with E-state index in [9.17, 15) is 0 Å². The van der Waals surface area contributed by atoms with Crippen LogP contribution in [0, 0.1) is 0 Å². The number of aromatic nitrogens is 2. The number of hydrogen-bond donors (Lipinski definition) is 1. The average Bonchev–Trinajstić information content (AvgIpc) is 3.06. The van der Waals surface area contributed by atoms with Crippen molar-refractivity contribution in [3.8, 4) is 0 Å². The highest BCUT2D eigenvalue weighted by atomic mass is 35.5. The molecule has 5 heteroatoms. The van der Waals surface area contributed by atoms with Gasteiger partial charge >= 0.3 is 0 Å². The minimum Gasteiger partial charge on any atom is -0.469 e. The van der Waals surface area contributed by atoms with Crippen LogP contribution in [-0.4, -0.2) is 16.3 Å². The van der Waals surface area contributed by atoms with Crippen LogP contribution in [0.1, 0.15) is 44.2 Å². The third kappa shape index (κ3) is 3.64. The molecule has 20 heavy (non-hydrogen) atoms. The van der Waals surface area contributed by atoms with Gasteiger partial charge < -0.3 is 9.73 Å². The Morgan fingerprint density at radius 2 is 2.30 bits per heavy atom. The highest BCUT2D eigenvalue weighted by Gasteiger charge is 2.19. The van der Waals surface area contributed by atoms with E-state index in [0.717, 1.165) is 48.8 Å². The van der Waals surface area contributed by atoms with E-state index < -0.39 is 0 Å². The SMILES string of the molecule is CCCn1ncc(Cl)c1C(CCc1ccco1)NCC. The fourth-order valence-corrected chi connectivity index (χ4v) is 2.70. The van der Waals surface area contributed by atoms with E-state index >= 15 is 0 Å². The number of furan rings is 1. The van der Waals surface area contributed by atoms with Crippen LogP contribution in [0.15, 0.2) is 29.0 Å². The van der Waals surface area contributed by atoms with Crippen molar-refractivity contribution in [2.75, 3.05) is 6.54 Å². The summed E-state index contributed by atoms with van der Waals surface area (Å²) >= 11 is 6.33. The Morgan fingerprint density at radius 1 is 1.45 bits per heavy atom. The minimum absolute atomic E-state index is 0.201. The number of nitrogens with one attached hydrogen (secondary N) is 1. The second-order valence-electron chi connectivity index (χ2n) is 4.83. The van der Waals surface area contributed by atoms with Crippen molar-refractivity contribution in [2.45, 2.75) is 45.7 Å². The third-order valence-corrected chi connectivity index (χ3v) is 3.60. The maximum absolute atomic E-state index is 6.33. The van der Waals surface area contributed by atoms with Gasteiger partial charge in [-0.1, -0.05) is 25.4 Å². The molecular weight excluding hydrogens is 274 g/mol. The number of rotatable bonds is 8. The fourth-order valence-electron chi connectivity index (χ4n) is 2.43. The topological polar surface area (TPSA) is 43.0 Å².